The van der Waals surface area contributed by atoms with Crippen LogP contribution in [0.2, 0.25) is 0 Å². The summed E-state index contributed by atoms with van der Waals surface area (Å²) in [5.41, 5.74) is 2.26. The minimum absolute atomic E-state index is 0.0220. The number of nitrogens with zero attached hydrogens (tertiary/aromatic N) is 1. The van der Waals surface area contributed by atoms with Crippen molar-refractivity contribution in [3.63, 3.8) is 0 Å². The molecule has 0 aliphatic carbocycles. The fourth-order valence-corrected chi connectivity index (χ4v) is 3.52. The van der Waals surface area contributed by atoms with Gasteiger partial charge in [-0.1, -0.05) is 24.3 Å². The van der Waals surface area contributed by atoms with E-state index in [1.807, 2.05) is 24.3 Å². The van der Waals surface area contributed by atoms with Crippen LogP contribution in [0.4, 0.5) is 11.4 Å². The number of aliphatic hydroxyl groups is 1. The van der Waals surface area contributed by atoms with Gasteiger partial charge in [0.15, 0.2) is 0 Å². The Kier molecular flexibility index (Phi) is 5.17. The Labute approximate surface area is 144 Å². The lowest BCUT2D eigenvalue weighted by molar-refractivity contribution is -0.117. The van der Waals surface area contributed by atoms with Crippen molar-refractivity contribution in [3.05, 3.63) is 54.1 Å². The first-order valence-corrected chi connectivity index (χ1v) is 8.68. The number of thioether (sulfide) groups is 1. The molecule has 0 spiro atoms. The van der Waals surface area contributed by atoms with Crippen molar-refractivity contribution in [2.45, 2.75) is 17.9 Å². The number of aliphatic hydroxyl groups excluding tert-OH is 1. The van der Waals surface area contributed by atoms with Crippen LogP contribution in [0.1, 0.15) is 12.0 Å². The molecule has 1 aliphatic heterocycles. The number of benzene rings is 2. The van der Waals surface area contributed by atoms with Crippen LogP contribution >= 0.6 is 11.8 Å². The van der Waals surface area contributed by atoms with Crippen molar-refractivity contribution in [1.82, 2.24) is 0 Å². The van der Waals surface area contributed by atoms with Gasteiger partial charge in [-0.15, -0.1) is 11.8 Å². The largest absolute Gasteiger partial charge is 0.392 e. The van der Waals surface area contributed by atoms with Gasteiger partial charge in [-0.2, -0.15) is 0 Å². The van der Waals surface area contributed by atoms with E-state index < -0.39 is 0 Å². The van der Waals surface area contributed by atoms with E-state index in [9.17, 15) is 9.59 Å². The topological polar surface area (TPSA) is 69.6 Å². The van der Waals surface area contributed by atoms with E-state index >= 15 is 0 Å². The van der Waals surface area contributed by atoms with Gasteiger partial charge in [-0.25, -0.2) is 0 Å². The molecule has 6 heteroatoms. The van der Waals surface area contributed by atoms with Crippen LogP contribution in [0.5, 0.6) is 0 Å². The number of anilines is 2. The minimum Gasteiger partial charge on any atom is -0.392 e. The summed E-state index contributed by atoms with van der Waals surface area (Å²) < 4.78 is 0. The molecule has 0 fully saturated rings. The molecule has 0 atom stereocenters. The van der Waals surface area contributed by atoms with E-state index in [2.05, 4.69) is 5.32 Å². The molecule has 124 valence electrons. The fraction of sp³-hybridized carbons (Fsp3) is 0.222. The van der Waals surface area contributed by atoms with Gasteiger partial charge in [0.05, 0.1) is 18.0 Å². The third kappa shape index (κ3) is 3.77. The van der Waals surface area contributed by atoms with Crippen LogP contribution in [-0.4, -0.2) is 29.2 Å². The average molecular weight is 342 g/mol. The van der Waals surface area contributed by atoms with Gasteiger partial charge in [0.25, 0.3) is 0 Å². The summed E-state index contributed by atoms with van der Waals surface area (Å²) in [5, 5.41) is 11.9. The summed E-state index contributed by atoms with van der Waals surface area (Å²) in [6, 6.07) is 14.8. The maximum atomic E-state index is 12.2. The molecule has 2 amide bonds. The number of fused-ring (bicyclic) bond motifs is 1. The van der Waals surface area contributed by atoms with Crippen molar-refractivity contribution >= 4 is 35.0 Å². The first-order valence-electron chi connectivity index (χ1n) is 7.69. The molecule has 24 heavy (non-hydrogen) atoms. The first kappa shape index (κ1) is 16.5. The Morgan fingerprint density at radius 3 is 2.88 bits per heavy atom. The Morgan fingerprint density at radius 2 is 2.04 bits per heavy atom. The van der Waals surface area contributed by atoms with Gasteiger partial charge in [0, 0.05) is 23.5 Å². The van der Waals surface area contributed by atoms with Crippen LogP contribution in [0.3, 0.4) is 0 Å². The molecule has 2 aromatic carbocycles. The smallest absolute Gasteiger partial charge is 0.237 e. The van der Waals surface area contributed by atoms with Gasteiger partial charge in [0.1, 0.15) is 0 Å². The molecule has 1 aliphatic rings. The van der Waals surface area contributed by atoms with Gasteiger partial charge in [-0.05, 0) is 29.8 Å². The van der Waals surface area contributed by atoms with Gasteiger partial charge in [0.2, 0.25) is 11.8 Å². The summed E-state index contributed by atoms with van der Waals surface area (Å²) in [5.74, 6) is 0.263. The molecule has 0 saturated heterocycles. The Morgan fingerprint density at radius 1 is 1.21 bits per heavy atom. The maximum Gasteiger partial charge on any atom is 0.237 e. The summed E-state index contributed by atoms with van der Waals surface area (Å²) >= 11 is 1.53. The van der Waals surface area contributed by atoms with E-state index in [0.29, 0.717) is 18.0 Å². The highest BCUT2D eigenvalue weighted by molar-refractivity contribution is 8.00. The number of para-hydroxylation sites is 1. The van der Waals surface area contributed by atoms with E-state index in [1.165, 1.54) is 11.8 Å². The summed E-state index contributed by atoms with van der Waals surface area (Å²) in [7, 11) is 0. The molecule has 0 aromatic heterocycles. The number of hydrogen-bond acceptors (Lipinski definition) is 4. The second-order valence-electron chi connectivity index (χ2n) is 5.46. The first-order chi connectivity index (χ1) is 11.7. The molecule has 2 N–H and O–H groups in total. The van der Waals surface area contributed by atoms with Crippen molar-refractivity contribution in [3.8, 4) is 0 Å². The van der Waals surface area contributed by atoms with E-state index in [1.54, 1.807) is 29.2 Å². The van der Waals surface area contributed by atoms with Gasteiger partial charge < -0.3 is 15.3 Å². The molecule has 0 bridgehead atoms. The third-order valence-electron chi connectivity index (χ3n) is 3.76. The van der Waals surface area contributed by atoms with Crippen molar-refractivity contribution in [2.75, 3.05) is 22.5 Å². The molecule has 0 saturated carbocycles. The van der Waals surface area contributed by atoms with Crippen LogP contribution in [0.25, 0.3) is 0 Å². The molecular weight excluding hydrogens is 324 g/mol. The van der Waals surface area contributed by atoms with Gasteiger partial charge >= 0.3 is 0 Å². The van der Waals surface area contributed by atoms with E-state index in [4.69, 9.17) is 5.11 Å². The highest BCUT2D eigenvalue weighted by atomic mass is 32.2. The monoisotopic (exact) mass is 342 g/mol. The predicted molar refractivity (Wildman–Crippen MR) is 95.1 cm³/mol. The Bertz CT molecular complexity index is 763. The normalized spacial score (nSPS) is 13.5. The molecule has 0 radical (unpaired) electrons. The lowest BCUT2D eigenvalue weighted by Crippen LogP contribution is -2.37. The number of nitrogens with one attached hydrogen (secondary N) is 1. The zero-order chi connectivity index (χ0) is 16.9. The van der Waals surface area contributed by atoms with Crippen LogP contribution in [-0.2, 0) is 16.2 Å². The SMILES string of the molecule is O=C(CCN1C(=O)CSc2ccccc21)Nc1cccc(CO)c1. The summed E-state index contributed by atoms with van der Waals surface area (Å²) in [6.07, 6.45) is 0.216. The second-order valence-corrected chi connectivity index (χ2v) is 6.48. The molecular formula is C18H18N2O3S. The Hall–Kier alpha value is -2.31. The van der Waals surface area contributed by atoms with Crippen LogP contribution < -0.4 is 10.2 Å². The van der Waals surface area contributed by atoms with Crippen molar-refractivity contribution in [2.24, 2.45) is 0 Å². The quantitative estimate of drug-likeness (QED) is 0.876. The lowest BCUT2D eigenvalue weighted by atomic mass is 10.2. The van der Waals surface area contributed by atoms with E-state index in [-0.39, 0.29) is 24.8 Å². The molecule has 5 nitrogen and oxygen atoms in total. The molecule has 3 rings (SSSR count). The average Bonchev–Trinajstić information content (AvgIpc) is 2.61. The highest BCUT2D eigenvalue weighted by Gasteiger charge is 2.24. The lowest BCUT2D eigenvalue weighted by Gasteiger charge is -2.28. The maximum absolute atomic E-state index is 12.2. The number of hydrogen-bond donors (Lipinski definition) is 2. The minimum atomic E-state index is -0.159. The number of carbonyl (C=O) groups is 2. The summed E-state index contributed by atoms with van der Waals surface area (Å²) in [6.45, 7) is 0.280. The van der Waals surface area contributed by atoms with Crippen molar-refractivity contribution in [1.29, 1.82) is 0 Å². The predicted octanol–water partition coefficient (Wildman–Crippen LogP) is 2.65. The van der Waals surface area contributed by atoms with Crippen LogP contribution in [0, 0.1) is 0 Å². The molecule has 2 aromatic rings. The highest BCUT2D eigenvalue weighted by Crippen LogP contribution is 2.34. The number of rotatable bonds is 5. The van der Waals surface area contributed by atoms with E-state index in [0.717, 1.165) is 16.1 Å². The Balaban J connectivity index is 1.63. The number of carbonyl (C=O) groups excluding carboxylic acids is 2. The number of amides is 2. The van der Waals surface area contributed by atoms with Crippen LogP contribution in [0.15, 0.2) is 53.4 Å². The molecule has 0 unspecified atom stereocenters. The third-order valence-corrected chi connectivity index (χ3v) is 4.81. The summed E-state index contributed by atoms with van der Waals surface area (Å²) in [4.78, 5) is 27.1. The standard InChI is InChI=1S/C18H18N2O3S/c21-11-13-4-3-5-14(10-13)19-17(22)8-9-20-15-6-1-2-7-16(15)24-12-18(20)23/h1-7,10,21H,8-9,11-12H2,(H,19,22). The van der Waals surface area contributed by atoms with Gasteiger partial charge in [-0.3, -0.25) is 9.59 Å². The zero-order valence-corrected chi connectivity index (χ0v) is 13.9. The zero-order valence-electron chi connectivity index (χ0n) is 13.1. The van der Waals surface area contributed by atoms with Crippen molar-refractivity contribution < 1.29 is 14.7 Å². The second kappa shape index (κ2) is 7.51. The molecule has 1 heterocycles. The fourth-order valence-electron chi connectivity index (χ4n) is 2.58.